The van der Waals surface area contributed by atoms with E-state index in [1.54, 1.807) is 31.2 Å². The third-order valence-electron chi connectivity index (χ3n) is 4.41. The van der Waals surface area contributed by atoms with Crippen LogP contribution in [0.5, 0.6) is 0 Å². The number of nitrogens with zero attached hydrogens (tertiary/aromatic N) is 3. The Morgan fingerprint density at radius 2 is 1.79 bits per heavy atom. The van der Waals surface area contributed by atoms with Crippen molar-refractivity contribution in [3.05, 3.63) is 65.7 Å². The molecule has 33 heavy (non-hydrogen) atoms. The number of alkyl halides is 5. The van der Waals surface area contributed by atoms with E-state index in [0.717, 1.165) is 17.8 Å². The standard InChI is InChI=1S/C22H19F5N4O2/c1-3-33-19(32)21(23,24)11-16-5-4-14(12-29-16)15-8-13(2)9-17(10-15)30-20-28-7-6-18(31-20)22(25,26)27/h4-10,12H,3,11H2,1-2H3,(H,28,30,31). The van der Waals surface area contributed by atoms with E-state index in [9.17, 15) is 26.7 Å². The molecule has 0 radical (unpaired) electrons. The van der Waals surface area contributed by atoms with Gasteiger partial charge in [-0.25, -0.2) is 14.8 Å². The van der Waals surface area contributed by atoms with Crippen LogP contribution in [0.4, 0.5) is 33.6 Å². The van der Waals surface area contributed by atoms with Crippen molar-refractivity contribution in [2.75, 3.05) is 11.9 Å². The molecule has 0 saturated heterocycles. The van der Waals surface area contributed by atoms with Crippen LogP contribution in [0.25, 0.3) is 11.1 Å². The highest BCUT2D eigenvalue weighted by molar-refractivity contribution is 5.78. The molecule has 1 N–H and O–H groups in total. The molecule has 3 rings (SSSR count). The summed E-state index contributed by atoms with van der Waals surface area (Å²) in [6, 6.07) is 8.82. The van der Waals surface area contributed by atoms with Crippen molar-refractivity contribution in [1.82, 2.24) is 15.0 Å². The molecule has 0 aliphatic carbocycles. The first-order valence-corrected chi connectivity index (χ1v) is 9.77. The van der Waals surface area contributed by atoms with Gasteiger partial charge in [0.25, 0.3) is 0 Å². The smallest absolute Gasteiger partial charge is 0.433 e. The molecule has 0 fully saturated rings. The monoisotopic (exact) mass is 466 g/mol. The average Bonchev–Trinajstić information content (AvgIpc) is 2.73. The van der Waals surface area contributed by atoms with Crippen molar-refractivity contribution in [2.24, 2.45) is 0 Å². The number of anilines is 2. The molecule has 0 aliphatic heterocycles. The molecule has 6 nitrogen and oxygen atoms in total. The highest BCUT2D eigenvalue weighted by Crippen LogP contribution is 2.30. The quantitative estimate of drug-likeness (QED) is 0.374. The Balaban J connectivity index is 1.80. The van der Waals surface area contributed by atoms with Crippen LogP contribution in [0.1, 0.15) is 23.9 Å². The van der Waals surface area contributed by atoms with Crippen molar-refractivity contribution in [1.29, 1.82) is 0 Å². The van der Waals surface area contributed by atoms with E-state index < -0.39 is 30.2 Å². The minimum atomic E-state index is -4.60. The first-order chi connectivity index (χ1) is 15.5. The maximum Gasteiger partial charge on any atom is 0.433 e. The molecule has 1 aromatic carbocycles. The highest BCUT2D eigenvalue weighted by Gasteiger charge is 2.41. The van der Waals surface area contributed by atoms with Crippen LogP contribution in [-0.2, 0) is 22.1 Å². The number of esters is 1. The third-order valence-corrected chi connectivity index (χ3v) is 4.41. The van der Waals surface area contributed by atoms with E-state index in [1.165, 1.54) is 19.2 Å². The summed E-state index contributed by atoms with van der Waals surface area (Å²) in [5, 5.41) is 2.74. The van der Waals surface area contributed by atoms with Crippen LogP contribution >= 0.6 is 0 Å². The second-order valence-electron chi connectivity index (χ2n) is 7.12. The summed E-state index contributed by atoms with van der Waals surface area (Å²) in [5.41, 5.74) is 1.35. The minimum Gasteiger partial charge on any atom is -0.462 e. The number of hydrogen-bond donors (Lipinski definition) is 1. The molecule has 2 aromatic heterocycles. The lowest BCUT2D eigenvalue weighted by molar-refractivity contribution is -0.171. The number of carbonyl (C=O) groups excluding carboxylic acids is 1. The fraction of sp³-hybridized carbons (Fsp3) is 0.273. The maximum absolute atomic E-state index is 13.9. The van der Waals surface area contributed by atoms with Crippen LogP contribution in [0.15, 0.2) is 48.8 Å². The molecule has 174 valence electrons. The lowest BCUT2D eigenvalue weighted by Crippen LogP contribution is -2.33. The van der Waals surface area contributed by atoms with Gasteiger partial charge in [0.2, 0.25) is 5.95 Å². The van der Waals surface area contributed by atoms with E-state index in [4.69, 9.17) is 0 Å². The van der Waals surface area contributed by atoms with Crippen LogP contribution in [0.3, 0.4) is 0 Å². The van der Waals surface area contributed by atoms with E-state index in [2.05, 4.69) is 25.0 Å². The Morgan fingerprint density at radius 3 is 2.42 bits per heavy atom. The van der Waals surface area contributed by atoms with Gasteiger partial charge in [-0.15, -0.1) is 0 Å². The Hall–Kier alpha value is -3.63. The van der Waals surface area contributed by atoms with Crippen LogP contribution in [0.2, 0.25) is 0 Å². The Kier molecular flexibility index (Phi) is 6.89. The SMILES string of the molecule is CCOC(=O)C(F)(F)Cc1ccc(-c2cc(C)cc(Nc3nccc(C(F)(F)F)n3)c2)cn1. The first kappa shape index (κ1) is 24.0. The molecule has 11 heteroatoms. The van der Waals surface area contributed by atoms with Gasteiger partial charge in [-0.3, -0.25) is 4.98 Å². The average molecular weight is 466 g/mol. The zero-order valence-electron chi connectivity index (χ0n) is 17.6. The van der Waals surface area contributed by atoms with Gasteiger partial charge in [-0.1, -0.05) is 12.1 Å². The number of nitrogens with one attached hydrogen (secondary N) is 1. The molecule has 0 bridgehead atoms. The second kappa shape index (κ2) is 9.47. The highest BCUT2D eigenvalue weighted by atomic mass is 19.4. The van der Waals surface area contributed by atoms with Gasteiger partial charge in [-0.2, -0.15) is 22.0 Å². The van der Waals surface area contributed by atoms with Crippen molar-refractivity contribution < 1.29 is 31.5 Å². The predicted molar refractivity (Wildman–Crippen MR) is 110 cm³/mol. The second-order valence-corrected chi connectivity index (χ2v) is 7.12. The number of rotatable bonds is 7. The summed E-state index contributed by atoms with van der Waals surface area (Å²) in [7, 11) is 0. The molecular weight excluding hydrogens is 447 g/mol. The number of aromatic nitrogens is 3. The van der Waals surface area contributed by atoms with Gasteiger partial charge in [-0.05, 0) is 49.2 Å². The van der Waals surface area contributed by atoms with Gasteiger partial charge in [0, 0.05) is 29.3 Å². The summed E-state index contributed by atoms with van der Waals surface area (Å²) >= 11 is 0. The summed E-state index contributed by atoms with van der Waals surface area (Å²) in [5.74, 6) is -5.53. The number of hydrogen-bond acceptors (Lipinski definition) is 6. The summed E-state index contributed by atoms with van der Waals surface area (Å²) in [6.45, 7) is 3.06. The lowest BCUT2D eigenvalue weighted by atomic mass is 10.0. The molecule has 0 spiro atoms. The van der Waals surface area contributed by atoms with Crippen LogP contribution < -0.4 is 5.32 Å². The minimum absolute atomic E-state index is 0.000158. The largest absolute Gasteiger partial charge is 0.462 e. The molecular formula is C22H19F5N4O2. The van der Waals surface area contributed by atoms with Crippen molar-refractivity contribution in [3.63, 3.8) is 0 Å². The summed E-state index contributed by atoms with van der Waals surface area (Å²) in [6.07, 6.45) is -3.13. The number of pyridine rings is 1. The number of halogens is 5. The number of aryl methyl sites for hydroxylation is 1. The van der Waals surface area contributed by atoms with E-state index in [-0.39, 0.29) is 18.2 Å². The van der Waals surface area contributed by atoms with Gasteiger partial charge < -0.3 is 10.1 Å². The van der Waals surface area contributed by atoms with E-state index in [0.29, 0.717) is 16.8 Å². The molecule has 0 saturated carbocycles. The predicted octanol–water partition coefficient (Wildman–Crippen LogP) is 5.35. The molecule has 2 heterocycles. The van der Waals surface area contributed by atoms with Crippen molar-refractivity contribution >= 4 is 17.6 Å². The van der Waals surface area contributed by atoms with Gasteiger partial charge >= 0.3 is 18.1 Å². The Labute approximate surface area is 185 Å². The fourth-order valence-electron chi connectivity index (χ4n) is 2.96. The Morgan fingerprint density at radius 1 is 1.03 bits per heavy atom. The normalized spacial score (nSPS) is 11.8. The summed E-state index contributed by atoms with van der Waals surface area (Å²) < 4.78 is 70.9. The van der Waals surface area contributed by atoms with Crippen molar-refractivity contribution in [2.45, 2.75) is 32.4 Å². The molecule has 0 amide bonds. The van der Waals surface area contributed by atoms with Crippen LogP contribution in [-0.4, -0.2) is 33.5 Å². The topological polar surface area (TPSA) is 77.0 Å². The zero-order chi connectivity index (χ0) is 24.2. The fourth-order valence-corrected chi connectivity index (χ4v) is 2.96. The molecule has 3 aromatic rings. The number of carbonyl (C=O) groups is 1. The Bertz CT molecular complexity index is 1130. The van der Waals surface area contributed by atoms with Gasteiger partial charge in [0.1, 0.15) is 5.69 Å². The summed E-state index contributed by atoms with van der Waals surface area (Å²) in [4.78, 5) is 22.7. The van der Waals surface area contributed by atoms with Gasteiger partial charge in [0.15, 0.2) is 0 Å². The lowest BCUT2D eigenvalue weighted by Gasteiger charge is -2.14. The first-order valence-electron chi connectivity index (χ1n) is 9.77. The number of benzene rings is 1. The van der Waals surface area contributed by atoms with E-state index >= 15 is 0 Å². The number of ether oxygens (including phenoxy) is 1. The maximum atomic E-state index is 13.9. The third kappa shape index (κ3) is 6.21. The molecule has 0 aliphatic rings. The molecule has 0 unspecified atom stereocenters. The van der Waals surface area contributed by atoms with Crippen molar-refractivity contribution in [3.8, 4) is 11.1 Å². The van der Waals surface area contributed by atoms with Crippen LogP contribution in [0, 0.1) is 6.92 Å². The van der Waals surface area contributed by atoms with E-state index in [1.807, 2.05) is 0 Å². The molecule has 0 atom stereocenters. The zero-order valence-corrected chi connectivity index (χ0v) is 17.6. The van der Waals surface area contributed by atoms with Gasteiger partial charge in [0.05, 0.1) is 13.0 Å².